The van der Waals surface area contributed by atoms with Crippen LogP contribution < -0.4 is 0 Å². The van der Waals surface area contributed by atoms with Crippen molar-refractivity contribution in [1.82, 2.24) is 4.90 Å². The van der Waals surface area contributed by atoms with Crippen molar-refractivity contribution in [3.05, 3.63) is 75.5 Å². The summed E-state index contributed by atoms with van der Waals surface area (Å²) in [4.78, 5) is 37.6. The molecular weight excluding hydrogens is 469 g/mol. The molecule has 1 heterocycles. The Labute approximate surface area is 187 Å². The number of Topliss-reactive ketones (excluding diaryl/α,β-unsaturated/α-hetero) is 1. The maximum absolute atomic E-state index is 14.7. The summed E-state index contributed by atoms with van der Waals surface area (Å²) >= 11 is 3.30. The number of aliphatic hydroxyl groups excluding tert-OH is 1. The molecule has 2 aromatic rings. The summed E-state index contributed by atoms with van der Waals surface area (Å²) < 4.78 is 15.4. The molecule has 1 aliphatic rings. The van der Waals surface area contributed by atoms with Crippen LogP contribution >= 0.6 is 15.9 Å². The second kappa shape index (κ2) is 9.87. The Balaban J connectivity index is 1.99. The smallest absolute Gasteiger partial charge is 0.303 e. The molecule has 2 N–H and O–H groups in total. The van der Waals surface area contributed by atoms with Crippen LogP contribution in [-0.2, 0) is 14.4 Å². The van der Waals surface area contributed by atoms with Gasteiger partial charge in [0.2, 0.25) is 0 Å². The molecule has 0 unspecified atom stereocenters. The maximum Gasteiger partial charge on any atom is 0.303 e. The summed E-state index contributed by atoms with van der Waals surface area (Å²) in [5.74, 6) is -3.55. The molecule has 2 aromatic carbocycles. The van der Waals surface area contributed by atoms with E-state index in [9.17, 15) is 23.9 Å². The average Bonchev–Trinajstić information content (AvgIpc) is 2.98. The first-order valence-electron chi connectivity index (χ1n) is 9.82. The quantitative estimate of drug-likeness (QED) is 0.243. The molecule has 0 radical (unpaired) electrons. The number of carboxylic acids is 1. The number of hydrogen-bond acceptors (Lipinski definition) is 4. The van der Waals surface area contributed by atoms with Gasteiger partial charge in [0.1, 0.15) is 11.6 Å². The van der Waals surface area contributed by atoms with Gasteiger partial charge in [0.25, 0.3) is 11.7 Å². The fraction of sp³-hybridized carbons (Fsp3) is 0.261. The van der Waals surface area contributed by atoms with Gasteiger partial charge in [0.05, 0.1) is 11.6 Å². The van der Waals surface area contributed by atoms with E-state index in [1.165, 1.54) is 23.1 Å². The van der Waals surface area contributed by atoms with Crippen molar-refractivity contribution in [2.45, 2.75) is 31.7 Å². The summed E-state index contributed by atoms with van der Waals surface area (Å²) in [6, 6.07) is 11.3. The van der Waals surface area contributed by atoms with Crippen LogP contribution in [0.3, 0.4) is 0 Å². The zero-order valence-corrected chi connectivity index (χ0v) is 18.1. The molecule has 31 heavy (non-hydrogen) atoms. The first-order valence-corrected chi connectivity index (χ1v) is 10.6. The molecule has 1 aliphatic heterocycles. The van der Waals surface area contributed by atoms with E-state index in [4.69, 9.17) is 5.11 Å². The van der Waals surface area contributed by atoms with Gasteiger partial charge < -0.3 is 15.1 Å². The van der Waals surface area contributed by atoms with E-state index >= 15 is 0 Å². The average molecular weight is 490 g/mol. The first-order chi connectivity index (χ1) is 14.8. The molecule has 162 valence electrons. The first kappa shape index (κ1) is 22.7. The number of unbranched alkanes of at least 4 members (excludes halogenated alkanes) is 2. The molecule has 0 aromatic heterocycles. The van der Waals surface area contributed by atoms with E-state index in [2.05, 4.69) is 15.9 Å². The molecule has 8 heteroatoms. The molecule has 0 spiro atoms. The Morgan fingerprint density at radius 2 is 1.68 bits per heavy atom. The van der Waals surface area contributed by atoms with Crippen molar-refractivity contribution in [2.24, 2.45) is 0 Å². The number of hydrogen-bond donors (Lipinski definition) is 2. The van der Waals surface area contributed by atoms with Gasteiger partial charge >= 0.3 is 5.97 Å². The highest BCUT2D eigenvalue weighted by Crippen LogP contribution is 2.40. The Kier molecular flexibility index (Phi) is 7.22. The molecule has 3 rings (SSSR count). The second-order valence-corrected chi connectivity index (χ2v) is 8.14. The molecule has 0 aliphatic carbocycles. The summed E-state index contributed by atoms with van der Waals surface area (Å²) in [6.07, 6.45) is 1.43. The number of nitrogens with zero attached hydrogens (tertiary/aromatic N) is 1. The monoisotopic (exact) mass is 489 g/mol. The summed E-state index contributed by atoms with van der Waals surface area (Å²) in [5.41, 5.74) is 0.290. The van der Waals surface area contributed by atoms with E-state index in [1.54, 1.807) is 30.3 Å². The van der Waals surface area contributed by atoms with Gasteiger partial charge in [0, 0.05) is 28.6 Å². The van der Waals surface area contributed by atoms with Gasteiger partial charge in [-0.3, -0.25) is 14.4 Å². The standard InChI is InChI=1S/C23H21BrFNO5/c24-15-11-9-14(10-12-15)21(29)19-20(16-6-3-4-7-17(16)25)26(23(31)22(19)30)13-5-1-2-8-18(27)28/h3-4,6-7,9-12,20,29H,1-2,5,8,13H2,(H,27,28)/t20-/m1/s1. The number of ketones is 1. The lowest BCUT2D eigenvalue weighted by Gasteiger charge is -2.25. The van der Waals surface area contributed by atoms with Crippen LogP contribution in [0.25, 0.3) is 5.76 Å². The fourth-order valence-electron chi connectivity index (χ4n) is 3.63. The summed E-state index contributed by atoms with van der Waals surface area (Å²) in [6.45, 7) is 0.139. The van der Waals surface area contributed by atoms with Crippen molar-refractivity contribution in [3.8, 4) is 0 Å². The van der Waals surface area contributed by atoms with E-state index in [0.717, 1.165) is 4.47 Å². The Bertz CT molecular complexity index is 1030. The van der Waals surface area contributed by atoms with Crippen molar-refractivity contribution in [1.29, 1.82) is 0 Å². The van der Waals surface area contributed by atoms with Gasteiger partial charge in [-0.05, 0) is 31.0 Å². The Morgan fingerprint density at radius 1 is 1.00 bits per heavy atom. The number of rotatable bonds is 8. The predicted octanol–water partition coefficient (Wildman–Crippen LogP) is 4.65. The van der Waals surface area contributed by atoms with Gasteiger partial charge in [-0.1, -0.05) is 52.7 Å². The minimum Gasteiger partial charge on any atom is -0.507 e. The number of halogens is 2. The van der Waals surface area contributed by atoms with Gasteiger partial charge in [0.15, 0.2) is 0 Å². The maximum atomic E-state index is 14.7. The number of amides is 1. The number of carboxylic acid groups (broad SMARTS) is 1. The molecular formula is C23H21BrFNO5. The highest BCUT2D eigenvalue weighted by molar-refractivity contribution is 9.10. The zero-order valence-electron chi connectivity index (χ0n) is 16.6. The molecule has 6 nitrogen and oxygen atoms in total. The minimum atomic E-state index is -1.07. The van der Waals surface area contributed by atoms with Gasteiger partial charge in [-0.25, -0.2) is 4.39 Å². The van der Waals surface area contributed by atoms with Gasteiger partial charge in [-0.2, -0.15) is 0 Å². The molecule has 1 fully saturated rings. The van der Waals surface area contributed by atoms with E-state index in [-0.39, 0.29) is 29.9 Å². The van der Waals surface area contributed by atoms with E-state index < -0.39 is 29.5 Å². The van der Waals surface area contributed by atoms with Crippen molar-refractivity contribution in [2.75, 3.05) is 6.54 Å². The van der Waals surface area contributed by atoms with Crippen LogP contribution in [-0.4, -0.2) is 39.3 Å². The van der Waals surface area contributed by atoms with Crippen LogP contribution in [0, 0.1) is 5.82 Å². The molecule has 0 saturated carbocycles. The topological polar surface area (TPSA) is 94.9 Å². The third-order valence-electron chi connectivity index (χ3n) is 5.15. The lowest BCUT2D eigenvalue weighted by atomic mass is 9.95. The van der Waals surface area contributed by atoms with Crippen LogP contribution in [0.4, 0.5) is 4.39 Å². The van der Waals surface area contributed by atoms with Gasteiger partial charge in [-0.15, -0.1) is 0 Å². The number of carbonyl (C=O) groups is 3. The number of benzene rings is 2. The predicted molar refractivity (Wildman–Crippen MR) is 116 cm³/mol. The third kappa shape index (κ3) is 5.02. The highest BCUT2D eigenvalue weighted by Gasteiger charge is 2.46. The molecule has 1 amide bonds. The zero-order chi connectivity index (χ0) is 22.5. The number of carbonyl (C=O) groups excluding carboxylic acids is 2. The van der Waals surface area contributed by atoms with Crippen LogP contribution in [0.2, 0.25) is 0 Å². The Hall–Kier alpha value is -3.00. The number of aliphatic hydroxyl groups is 1. The molecule has 1 saturated heterocycles. The molecule has 1 atom stereocenters. The summed E-state index contributed by atoms with van der Waals surface area (Å²) in [5, 5.41) is 19.6. The normalized spacial score (nSPS) is 17.9. The number of likely N-dealkylation sites (tertiary alicyclic amines) is 1. The lowest BCUT2D eigenvalue weighted by molar-refractivity contribution is -0.140. The van der Waals surface area contributed by atoms with Crippen LogP contribution in [0.5, 0.6) is 0 Å². The Morgan fingerprint density at radius 3 is 2.32 bits per heavy atom. The van der Waals surface area contributed by atoms with Crippen LogP contribution in [0.15, 0.2) is 58.6 Å². The van der Waals surface area contributed by atoms with E-state index in [0.29, 0.717) is 24.8 Å². The number of aliphatic carboxylic acids is 1. The highest BCUT2D eigenvalue weighted by atomic mass is 79.9. The van der Waals surface area contributed by atoms with Crippen molar-refractivity contribution in [3.63, 3.8) is 0 Å². The molecule has 0 bridgehead atoms. The van der Waals surface area contributed by atoms with Crippen molar-refractivity contribution < 1.29 is 29.0 Å². The second-order valence-electron chi connectivity index (χ2n) is 7.23. The largest absolute Gasteiger partial charge is 0.507 e. The minimum absolute atomic E-state index is 0.0130. The van der Waals surface area contributed by atoms with Crippen molar-refractivity contribution >= 4 is 39.3 Å². The lowest BCUT2D eigenvalue weighted by Crippen LogP contribution is -2.31. The van der Waals surface area contributed by atoms with E-state index in [1.807, 2.05) is 0 Å². The third-order valence-corrected chi connectivity index (χ3v) is 5.68. The SMILES string of the molecule is O=C(O)CCCCCN1C(=O)C(=O)C(=C(O)c2ccc(Br)cc2)[C@H]1c1ccccc1F. The fourth-order valence-corrected chi connectivity index (χ4v) is 3.89. The van der Waals surface area contributed by atoms with Crippen LogP contribution in [0.1, 0.15) is 42.9 Å². The summed E-state index contributed by atoms with van der Waals surface area (Å²) in [7, 11) is 0.